The van der Waals surface area contributed by atoms with Gasteiger partial charge in [-0.25, -0.2) is 4.79 Å². The van der Waals surface area contributed by atoms with Gasteiger partial charge >= 0.3 is 6.03 Å². The molecule has 0 radical (unpaired) electrons. The Balaban J connectivity index is 1.26. The number of halogens is 3. The number of benzene rings is 2. The first kappa shape index (κ1) is 23.2. The van der Waals surface area contributed by atoms with E-state index in [1.807, 2.05) is 42.5 Å². The molecule has 0 unspecified atom stereocenters. The van der Waals surface area contributed by atoms with Crippen molar-refractivity contribution in [2.75, 3.05) is 49.1 Å². The molecule has 9 heteroatoms. The van der Waals surface area contributed by atoms with Gasteiger partial charge in [-0.05, 0) is 49.7 Å². The summed E-state index contributed by atoms with van der Waals surface area (Å²) in [4.78, 5) is 18.2. The maximum atomic E-state index is 12.0. The fourth-order valence-corrected chi connectivity index (χ4v) is 4.81. The van der Waals surface area contributed by atoms with Gasteiger partial charge in [-0.2, -0.15) is 0 Å². The molecule has 2 heterocycles. The molecule has 0 saturated carbocycles. The number of anilines is 2. The van der Waals surface area contributed by atoms with Crippen LogP contribution >= 0.6 is 39.1 Å². The van der Waals surface area contributed by atoms with Crippen molar-refractivity contribution < 1.29 is 9.21 Å². The molecule has 2 aromatic carbocycles. The van der Waals surface area contributed by atoms with Gasteiger partial charge in [0.1, 0.15) is 5.58 Å². The summed E-state index contributed by atoms with van der Waals surface area (Å²) in [5.74, 6) is 0.484. The number of piperazine rings is 1. The quantitative estimate of drug-likeness (QED) is 0.374. The topological polar surface area (TPSA) is 66.0 Å². The number of hydrogen-bond donors (Lipinski definition) is 1. The van der Waals surface area contributed by atoms with E-state index in [1.54, 1.807) is 0 Å². The number of carbonyl (C=O) groups excluding carboxylic acids is 1. The third kappa shape index (κ3) is 5.34. The van der Waals surface area contributed by atoms with E-state index in [2.05, 4.69) is 25.7 Å². The van der Waals surface area contributed by atoms with Crippen LogP contribution in [0, 0.1) is 0 Å². The lowest BCUT2D eigenvalue weighted by molar-refractivity contribution is 0.248. The smallest absolute Gasteiger partial charge is 0.321 e. The first-order chi connectivity index (χ1) is 15.4. The lowest BCUT2D eigenvalue weighted by Gasteiger charge is -2.36. The van der Waals surface area contributed by atoms with E-state index in [0.29, 0.717) is 22.5 Å². The molecule has 1 aliphatic rings. The van der Waals surface area contributed by atoms with Crippen molar-refractivity contribution in [2.24, 2.45) is 5.73 Å². The highest BCUT2D eigenvalue weighted by Gasteiger charge is 2.20. The Hall–Kier alpha value is -1.93. The number of primary amides is 1. The van der Waals surface area contributed by atoms with Crippen LogP contribution in [0.2, 0.25) is 10.0 Å². The summed E-state index contributed by atoms with van der Waals surface area (Å²) in [6, 6.07) is 12.8. The van der Waals surface area contributed by atoms with Crippen LogP contribution in [0.15, 0.2) is 51.4 Å². The fraction of sp³-hybridized carbons (Fsp3) is 0.348. The van der Waals surface area contributed by atoms with Crippen molar-refractivity contribution >= 4 is 67.7 Å². The van der Waals surface area contributed by atoms with Crippen LogP contribution in [-0.2, 0) is 0 Å². The lowest BCUT2D eigenvalue weighted by atomic mass is 10.2. The van der Waals surface area contributed by atoms with Crippen LogP contribution in [0.1, 0.15) is 12.8 Å². The number of carbonyl (C=O) groups is 1. The number of fused-ring (bicyclic) bond motifs is 1. The number of rotatable bonds is 7. The number of unbranched alkanes of at least 4 members (excludes halogenated alkanes) is 1. The number of furan rings is 1. The average Bonchev–Trinajstić information content (AvgIpc) is 3.18. The zero-order chi connectivity index (χ0) is 22.7. The Morgan fingerprint density at radius 1 is 1.09 bits per heavy atom. The fourth-order valence-electron chi connectivity index (χ4n) is 4.02. The van der Waals surface area contributed by atoms with Crippen LogP contribution in [0.5, 0.6) is 0 Å². The van der Waals surface area contributed by atoms with E-state index in [4.69, 9.17) is 33.4 Å². The molecule has 0 bridgehead atoms. The second kappa shape index (κ2) is 10.3. The van der Waals surface area contributed by atoms with Crippen LogP contribution in [0.4, 0.5) is 16.4 Å². The van der Waals surface area contributed by atoms with E-state index in [1.165, 1.54) is 4.90 Å². The zero-order valence-electron chi connectivity index (χ0n) is 17.6. The Morgan fingerprint density at radius 2 is 1.88 bits per heavy atom. The lowest BCUT2D eigenvalue weighted by Crippen LogP contribution is -2.46. The molecule has 1 fully saturated rings. The number of nitrogens with two attached hydrogens (primary N) is 1. The highest BCUT2D eigenvalue weighted by atomic mass is 79.9. The summed E-state index contributed by atoms with van der Waals surface area (Å²) in [7, 11) is 0. The van der Waals surface area contributed by atoms with Crippen molar-refractivity contribution in [1.82, 2.24) is 4.90 Å². The van der Waals surface area contributed by atoms with Crippen LogP contribution < -0.4 is 15.5 Å². The predicted octanol–water partition coefficient (Wildman–Crippen LogP) is 5.99. The summed E-state index contributed by atoms with van der Waals surface area (Å²) in [5, 5.41) is 2.13. The molecule has 0 spiro atoms. The monoisotopic (exact) mass is 538 g/mol. The maximum absolute atomic E-state index is 12.0. The predicted molar refractivity (Wildman–Crippen MR) is 135 cm³/mol. The molecule has 1 aromatic heterocycles. The minimum atomic E-state index is -0.505. The minimum Gasteiger partial charge on any atom is -0.440 e. The molecule has 3 aromatic rings. The van der Waals surface area contributed by atoms with Crippen molar-refractivity contribution in [3.05, 3.63) is 57.0 Å². The van der Waals surface area contributed by atoms with Crippen LogP contribution in [0.3, 0.4) is 0 Å². The van der Waals surface area contributed by atoms with Gasteiger partial charge < -0.3 is 15.1 Å². The van der Waals surface area contributed by atoms with E-state index in [-0.39, 0.29) is 0 Å². The molecule has 170 valence electrons. The first-order valence-corrected chi connectivity index (χ1v) is 12.1. The van der Waals surface area contributed by atoms with Gasteiger partial charge in [0, 0.05) is 48.6 Å². The molecule has 32 heavy (non-hydrogen) atoms. The van der Waals surface area contributed by atoms with Crippen molar-refractivity contribution in [3.8, 4) is 0 Å². The Morgan fingerprint density at radius 3 is 2.62 bits per heavy atom. The molecule has 6 nitrogen and oxygen atoms in total. The molecule has 4 rings (SSSR count). The molecular weight excluding hydrogens is 515 g/mol. The van der Waals surface area contributed by atoms with Gasteiger partial charge in [0.15, 0.2) is 0 Å². The van der Waals surface area contributed by atoms with E-state index >= 15 is 0 Å². The summed E-state index contributed by atoms with van der Waals surface area (Å²) >= 11 is 16.0. The Kier molecular flexibility index (Phi) is 7.51. The van der Waals surface area contributed by atoms with Gasteiger partial charge in [0.05, 0.1) is 15.7 Å². The molecule has 1 aliphatic heterocycles. The van der Waals surface area contributed by atoms with Gasteiger partial charge in [-0.1, -0.05) is 45.2 Å². The highest BCUT2D eigenvalue weighted by Crippen LogP contribution is 2.33. The first-order valence-electron chi connectivity index (χ1n) is 10.6. The van der Waals surface area contributed by atoms with Crippen LogP contribution in [0.25, 0.3) is 11.0 Å². The molecule has 0 aliphatic carbocycles. The van der Waals surface area contributed by atoms with E-state index in [0.717, 1.165) is 66.7 Å². The number of amides is 2. The molecule has 0 atom stereocenters. The molecular formula is C23H25BrCl2N4O2. The molecule has 2 amide bonds. The molecule has 1 saturated heterocycles. The minimum absolute atomic E-state index is 0.484. The Labute approximate surface area is 205 Å². The van der Waals surface area contributed by atoms with Gasteiger partial charge in [0.2, 0.25) is 5.88 Å². The SMILES string of the molecule is NC(=O)N(CCCCN1CCN(c2cccc(Cl)c2Cl)CC1)c1cc2cc(Br)ccc2o1. The summed E-state index contributed by atoms with van der Waals surface area (Å²) in [6.07, 6.45) is 1.80. The normalized spacial score (nSPS) is 14.8. The van der Waals surface area contributed by atoms with Crippen molar-refractivity contribution in [2.45, 2.75) is 12.8 Å². The Bertz CT molecular complexity index is 1100. The second-order valence-corrected chi connectivity index (χ2v) is 9.57. The molecule has 2 N–H and O–H groups in total. The van der Waals surface area contributed by atoms with E-state index < -0.39 is 6.03 Å². The number of urea groups is 1. The number of nitrogens with zero attached hydrogens (tertiary/aromatic N) is 3. The van der Waals surface area contributed by atoms with Crippen LogP contribution in [-0.4, -0.2) is 50.2 Å². The second-order valence-electron chi connectivity index (χ2n) is 7.87. The van der Waals surface area contributed by atoms with Crippen molar-refractivity contribution in [3.63, 3.8) is 0 Å². The largest absolute Gasteiger partial charge is 0.440 e. The summed E-state index contributed by atoms with van der Waals surface area (Å²) in [6.45, 7) is 5.22. The zero-order valence-corrected chi connectivity index (χ0v) is 20.7. The maximum Gasteiger partial charge on any atom is 0.321 e. The van der Waals surface area contributed by atoms with Crippen molar-refractivity contribution in [1.29, 1.82) is 0 Å². The van der Waals surface area contributed by atoms with E-state index in [9.17, 15) is 4.79 Å². The van der Waals surface area contributed by atoms with Gasteiger partial charge in [0.25, 0.3) is 0 Å². The van der Waals surface area contributed by atoms with Gasteiger partial charge in [-0.15, -0.1) is 0 Å². The average molecular weight is 540 g/mol. The third-order valence-electron chi connectivity index (χ3n) is 5.75. The summed E-state index contributed by atoms with van der Waals surface area (Å²) in [5.41, 5.74) is 7.34. The number of hydrogen-bond acceptors (Lipinski definition) is 4. The highest BCUT2D eigenvalue weighted by molar-refractivity contribution is 9.10. The summed E-state index contributed by atoms with van der Waals surface area (Å²) < 4.78 is 6.79. The van der Waals surface area contributed by atoms with Gasteiger partial charge in [-0.3, -0.25) is 9.80 Å². The third-order valence-corrected chi connectivity index (χ3v) is 7.05. The standard InChI is InChI=1S/C23H25BrCl2N4O2/c24-17-6-7-20-16(14-17)15-21(32-20)30(23(27)31)9-2-1-8-28-10-12-29(13-11-28)19-5-3-4-18(25)22(19)26/h3-7,14-15H,1-2,8-13H2,(H2,27,31).